The number of nitrogens with two attached hydrogens (primary N) is 1. The van der Waals surface area contributed by atoms with Gasteiger partial charge in [-0.25, -0.2) is 8.42 Å². The molecule has 2 atom stereocenters. The third-order valence-corrected chi connectivity index (χ3v) is 5.60. The Balaban J connectivity index is 2.75. The van der Waals surface area contributed by atoms with Crippen LogP contribution >= 0.6 is 0 Å². The average Bonchev–Trinajstić information content (AvgIpc) is 2.38. The minimum atomic E-state index is -3.13. The summed E-state index contributed by atoms with van der Waals surface area (Å²) >= 11 is 0. The largest absolute Gasteiger partial charge is 0.494 e. The summed E-state index contributed by atoms with van der Waals surface area (Å²) in [5.41, 5.74) is 6.79. The van der Waals surface area contributed by atoms with Gasteiger partial charge in [-0.2, -0.15) is 0 Å². The van der Waals surface area contributed by atoms with Crippen molar-refractivity contribution < 1.29 is 13.2 Å². The molecule has 0 bridgehead atoms. The van der Waals surface area contributed by atoms with E-state index in [2.05, 4.69) is 0 Å². The van der Waals surface area contributed by atoms with Crippen LogP contribution in [-0.4, -0.2) is 26.0 Å². The first-order chi connectivity index (χ1) is 8.90. The normalized spacial score (nSPS) is 14.9. The number of rotatable bonds is 7. The maximum atomic E-state index is 12.0. The summed E-state index contributed by atoms with van der Waals surface area (Å²) in [6.45, 7) is 6.11. The van der Waals surface area contributed by atoms with Gasteiger partial charge in [-0.15, -0.1) is 0 Å². The molecule has 0 aliphatic rings. The van der Waals surface area contributed by atoms with Crippen LogP contribution in [0.25, 0.3) is 0 Å². The average molecular weight is 285 g/mol. The van der Waals surface area contributed by atoms with E-state index in [0.717, 1.165) is 11.3 Å². The van der Waals surface area contributed by atoms with E-state index in [0.29, 0.717) is 13.0 Å². The van der Waals surface area contributed by atoms with Crippen LogP contribution < -0.4 is 10.5 Å². The summed E-state index contributed by atoms with van der Waals surface area (Å²) in [7, 11) is -3.13. The van der Waals surface area contributed by atoms with E-state index in [1.807, 2.05) is 38.1 Å². The van der Waals surface area contributed by atoms with Crippen molar-refractivity contribution in [2.45, 2.75) is 38.5 Å². The molecule has 2 unspecified atom stereocenters. The van der Waals surface area contributed by atoms with Crippen molar-refractivity contribution in [2.75, 3.05) is 12.4 Å². The Morgan fingerprint density at radius 3 is 2.26 bits per heavy atom. The smallest absolute Gasteiger partial charge is 0.154 e. The van der Waals surface area contributed by atoms with Gasteiger partial charge >= 0.3 is 0 Å². The van der Waals surface area contributed by atoms with Crippen LogP contribution in [0.2, 0.25) is 0 Å². The minimum absolute atomic E-state index is 0.0179. The lowest BCUT2D eigenvalue weighted by Gasteiger charge is -2.16. The van der Waals surface area contributed by atoms with Crippen LogP contribution in [0.4, 0.5) is 0 Å². The van der Waals surface area contributed by atoms with Gasteiger partial charge in [0.2, 0.25) is 0 Å². The van der Waals surface area contributed by atoms with Crippen molar-refractivity contribution in [3.8, 4) is 5.75 Å². The number of hydrogen-bond acceptors (Lipinski definition) is 4. The molecule has 0 aromatic heterocycles. The zero-order valence-electron chi connectivity index (χ0n) is 11.8. The summed E-state index contributed by atoms with van der Waals surface area (Å²) in [4.78, 5) is 0. The molecular weight excluding hydrogens is 262 g/mol. The maximum Gasteiger partial charge on any atom is 0.154 e. The molecule has 1 aromatic rings. The van der Waals surface area contributed by atoms with Gasteiger partial charge in [0.15, 0.2) is 9.84 Å². The van der Waals surface area contributed by atoms with E-state index in [9.17, 15) is 8.42 Å². The van der Waals surface area contributed by atoms with Gasteiger partial charge in [-0.05, 0) is 38.0 Å². The molecule has 5 heteroatoms. The monoisotopic (exact) mass is 285 g/mol. The quantitative estimate of drug-likeness (QED) is 0.834. The van der Waals surface area contributed by atoms with Crippen molar-refractivity contribution in [1.82, 2.24) is 0 Å². The Labute approximate surface area is 115 Å². The van der Waals surface area contributed by atoms with Crippen LogP contribution in [0, 0.1) is 0 Å². The second kappa shape index (κ2) is 6.91. The van der Waals surface area contributed by atoms with Gasteiger partial charge in [0.1, 0.15) is 5.75 Å². The fourth-order valence-corrected chi connectivity index (χ4v) is 3.27. The van der Waals surface area contributed by atoms with E-state index < -0.39 is 15.9 Å². The molecule has 0 heterocycles. The lowest BCUT2D eigenvalue weighted by molar-refractivity contribution is 0.340. The SMILES string of the molecule is CCOc1ccc(C(N)CS(=O)(=O)C(C)CC)cc1. The van der Waals surface area contributed by atoms with Gasteiger partial charge in [0, 0.05) is 6.04 Å². The molecule has 0 saturated heterocycles. The molecule has 1 aromatic carbocycles. The second-order valence-electron chi connectivity index (χ2n) is 4.66. The molecule has 1 rings (SSSR count). The number of hydrogen-bond donors (Lipinski definition) is 1. The van der Waals surface area contributed by atoms with E-state index >= 15 is 0 Å². The molecule has 0 fully saturated rings. The summed E-state index contributed by atoms with van der Waals surface area (Å²) in [5, 5.41) is -0.346. The van der Waals surface area contributed by atoms with Crippen LogP contribution in [-0.2, 0) is 9.84 Å². The topological polar surface area (TPSA) is 69.4 Å². The van der Waals surface area contributed by atoms with Crippen LogP contribution in [0.1, 0.15) is 38.8 Å². The fourth-order valence-electron chi connectivity index (χ4n) is 1.74. The van der Waals surface area contributed by atoms with E-state index in [4.69, 9.17) is 10.5 Å². The summed E-state index contributed by atoms with van der Waals surface area (Å²) in [5.74, 6) is 0.749. The summed E-state index contributed by atoms with van der Waals surface area (Å²) < 4.78 is 29.4. The third kappa shape index (κ3) is 4.51. The number of ether oxygens (including phenoxy) is 1. The van der Waals surface area contributed by atoms with Crippen molar-refractivity contribution in [3.63, 3.8) is 0 Å². The van der Waals surface area contributed by atoms with Crippen molar-refractivity contribution in [1.29, 1.82) is 0 Å². The highest BCUT2D eigenvalue weighted by Crippen LogP contribution is 2.19. The standard InChI is InChI=1S/C14H23NO3S/c1-4-11(3)19(16,17)10-14(15)12-6-8-13(9-7-12)18-5-2/h6-9,11,14H,4-5,10,15H2,1-3H3. The molecular formula is C14H23NO3S. The minimum Gasteiger partial charge on any atom is -0.494 e. The molecule has 108 valence electrons. The Hall–Kier alpha value is -1.07. The first kappa shape index (κ1) is 16.0. The molecule has 0 saturated carbocycles. The first-order valence-corrected chi connectivity index (χ1v) is 8.32. The van der Waals surface area contributed by atoms with Crippen molar-refractivity contribution >= 4 is 9.84 Å². The molecule has 2 N–H and O–H groups in total. The molecule has 0 aliphatic carbocycles. The highest BCUT2D eigenvalue weighted by molar-refractivity contribution is 7.92. The maximum absolute atomic E-state index is 12.0. The van der Waals surface area contributed by atoms with Gasteiger partial charge in [-0.1, -0.05) is 19.1 Å². The fraction of sp³-hybridized carbons (Fsp3) is 0.571. The molecule has 0 aliphatic heterocycles. The van der Waals surface area contributed by atoms with Crippen molar-refractivity contribution in [2.24, 2.45) is 5.73 Å². The van der Waals surface area contributed by atoms with E-state index in [1.54, 1.807) is 6.92 Å². The lowest BCUT2D eigenvalue weighted by Crippen LogP contribution is -2.28. The number of benzene rings is 1. The summed E-state index contributed by atoms with van der Waals surface area (Å²) in [6.07, 6.45) is 0.609. The zero-order chi connectivity index (χ0) is 14.5. The van der Waals surface area contributed by atoms with Crippen molar-refractivity contribution in [3.05, 3.63) is 29.8 Å². The highest BCUT2D eigenvalue weighted by Gasteiger charge is 2.23. The Bertz CT molecular complexity index is 482. The van der Waals surface area contributed by atoms with Crippen LogP contribution in [0.15, 0.2) is 24.3 Å². The predicted octanol–water partition coefficient (Wildman–Crippen LogP) is 2.30. The van der Waals surface area contributed by atoms with Crippen LogP contribution in [0.3, 0.4) is 0 Å². The lowest BCUT2D eigenvalue weighted by atomic mass is 10.1. The molecule has 0 spiro atoms. The Kier molecular flexibility index (Phi) is 5.82. The third-order valence-electron chi connectivity index (χ3n) is 3.22. The van der Waals surface area contributed by atoms with Crippen LogP contribution in [0.5, 0.6) is 5.75 Å². The zero-order valence-corrected chi connectivity index (χ0v) is 12.6. The highest BCUT2D eigenvalue weighted by atomic mass is 32.2. The molecule has 4 nitrogen and oxygen atoms in total. The molecule has 19 heavy (non-hydrogen) atoms. The number of sulfone groups is 1. The van der Waals surface area contributed by atoms with Gasteiger partial charge in [-0.3, -0.25) is 0 Å². The van der Waals surface area contributed by atoms with Gasteiger partial charge in [0.05, 0.1) is 17.6 Å². The summed E-state index contributed by atoms with van der Waals surface area (Å²) in [6, 6.07) is 6.78. The van der Waals surface area contributed by atoms with E-state index in [1.165, 1.54) is 0 Å². The molecule has 0 amide bonds. The first-order valence-electron chi connectivity index (χ1n) is 6.60. The second-order valence-corrected chi connectivity index (χ2v) is 7.12. The Morgan fingerprint density at radius 2 is 1.79 bits per heavy atom. The molecule has 0 radical (unpaired) electrons. The predicted molar refractivity (Wildman–Crippen MR) is 78.1 cm³/mol. The van der Waals surface area contributed by atoms with Gasteiger partial charge in [0.25, 0.3) is 0 Å². The Morgan fingerprint density at radius 1 is 1.21 bits per heavy atom. The van der Waals surface area contributed by atoms with E-state index in [-0.39, 0.29) is 11.0 Å². The van der Waals surface area contributed by atoms with Gasteiger partial charge < -0.3 is 10.5 Å².